The molecule has 1 unspecified atom stereocenters. The second-order valence-corrected chi connectivity index (χ2v) is 17.2. The molecule has 10 heteroatoms. The van der Waals surface area contributed by atoms with Gasteiger partial charge in [-0.2, -0.15) is 0 Å². The molecule has 9 nitrogen and oxygen atoms in total. The molecule has 0 rings (SSSR count). The molecule has 0 saturated heterocycles. The van der Waals surface area contributed by atoms with Crippen LogP contribution in [0.1, 0.15) is 194 Å². The number of quaternary nitrogens is 1. The SMILES string of the molecule is CCCCCCCC/C=C/CCCCCCCC(=O)O[C@H](COC(=O)CCCCCCCCCCCCCCC)COP(=O)(O)OCC[N+](C)(C)C. The number of ether oxygens (including phenoxy) is 2. The predicted molar refractivity (Wildman–Crippen MR) is 215 cm³/mol. The van der Waals surface area contributed by atoms with Crippen molar-refractivity contribution in [2.24, 2.45) is 0 Å². The summed E-state index contributed by atoms with van der Waals surface area (Å²) in [5, 5.41) is 0. The molecular formula is C42H83NO8P+. The second-order valence-electron chi connectivity index (χ2n) is 15.7. The number of unbranched alkanes of at least 4 members (excludes halogenated alkanes) is 23. The maximum atomic E-state index is 12.7. The lowest BCUT2D eigenvalue weighted by Crippen LogP contribution is -2.37. The molecule has 308 valence electrons. The molecule has 0 aliphatic carbocycles. The van der Waals surface area contributed by atoms with Gasteiger partial charge in [0.1, 0.15) is 19.8 Å². The fraction of sp³-hybridized carbons (Fsp3) is 0.905. The van der Waals surface area contributed by atoms with Gasteiger partial charge in [0.25, 0.3) is 0 Å². The summed E-state index contributed by atoms with van der Waals surface area (Å²) in [6, 6.07) is 0. The molecule has 0 spiro atoms. The van der Waals surface area contributed by atoms with E-state index in [0.717, 1.165) is 51.4 Å². The Morgan fingerprint density at radius 2 is 0.981 bits per heavy atom. The lowest BCUT2D eigenvalue weighted by Gasteiger charge is -2.24. The number of carbonyl (C=O) groups is 2. The number of likely N-dealkylation sites (N-methyl/N-ethyl adjacent to an activating group) is 1. The first kappa shape index (κ1) is 50.8. The summed E-state index contributed by atoms with van der Waals surface area (Å²) < 4.78 is 34.3. The van der Waals surface area contributed by atoms with Crippen molar-refractivity contribution in [1.29, 1.82) is 0 Å². The van der Waals surface area contributed by atoms with E-state index in [0.29, 0.717) is 23.9 Å². The Morgan fingerprint density at radius 3 is 1.42 bits per heavy atom. The number of phosphoric acid groups is 1. The summed E-state index contributed by atoms with van der Waals surface area (Å²) in [6.07, 6.45) is 35.3. The standard InChI is InChI=1S/C42H82NO8P/c1-6-8-10-12-14-16-18-20-21-23-25-27-29-31-33-35-42(45)51-40(39-50-52(46,47)49-37-36-43(3,4)5)38-48-41(44)34-32-30-28-26-24-22-19-17-15-13-11-9-7-2/h20-21,40H,6-19,22-39H2,1-5H3/p+1/b21-20+/t40-/m1/s1. The van der Waals surface area contributed by atoms with Crippen molar-refractivity contribution in [1.82, 2.24) is 0 Å². The molecule has 0 aliphatic rings. The summed E-state index contributed by atoms with van der Waals surface area (Å²) in [4.78, 5) is 35.3. The third-order valence-electron chi connectivity index (χ3n) is 9.30. The van der Waals surface area contributed by atoms with Crippen LogP contribution in [0, 0.1) is 0 Å². The van der Waals surface area contributed by atoms with Gasteiger partial charge in [0.15, 0.2) is 6.10 Å². The lowest BCUT2D eigenvalue weighted by molar-refractivity contribution is -0.870. The number of phosphoric ester groups is 1. The molecule has 0 saturated carbocycles. The molecular weight excluding hydrogens is 677 g/mol. The average molecular weight is 761 g/mol. The predicted octanol–water partition coefficient (Wildman–Crippen LogP) is 11.8. The molecule has 0 aliphatic heterocycles. The second kappa shape index (κ2) is 35.5. The minimum atomic E-state index is -4.37. The van der Waals surface area contributed by atoms with Crippen molar-refractivity contribution in [3.63, 3.8) is 0 Å². The fourth-order valence-electron chi connectivity index (χ4n) is 5.89. The van der Waals surface area contributed by atoms with E-state index < -0.39 is 26.5 Å². The minimum Gasteiger partial charge on any atom is -0.462 e. The molecule has 0 amide bonds. The number of allylic oxidation sites excluding steroid dienone is 2. The summed E-state index contributed by atoms with van der Waals surface area (Å²) in [5.41, 5.74) is 0. The van der Waals surface area contributed by atoms with Crippen molar-refractivity contribution in [2.75, 3.05) is 47.5 Å². The molecule has 2 atom stereocenters. The van der Waals surface area contributed by atoms with E-state index in [1.807, 2.05) is 21.1 Å². The van der Waals surface area contributed by atoms with E-state index in [-0.39, 0.29) is 25.6 Å². The van der Waals surface area contributed by atoms with Gasteiger partial charge in [-0.1, -0.05) is 154 Å². The Balaban J connectivity index is 4.37. The van der Waals surface area contributed by atoms with Gasteiger partial charge < -0.3 is 18.9 Å². The maximum absolute atomic E-state index is 12.7. The van der Waals surface area contributed by atoms with Gasteiger partial charge in [-0.15, -0.1) is 0 Å². The Hall–Kier alpha value is -1.25. The van der Waals surface area contributed by atoms with Gasteiger partial charge in [0.05, 0.1) is 27.7 Å². The Morgan fingerprint density at radius 1 is 0.577 bits per heavy atom. The first-order chi connectivity index (χ1) is 25.0. The first-order valence-corrected chi connectivity index (χ1v) is 22.9. The highest BCUT2D eigenvalue weighted by Gasteiger charge is 2.27. The highest BCUT2D eigenvalue weighted by Crippen LogP contribution is 2.43. The van der Waals surface area contributed by atoms with Gasteiger partial charge in [0, 0.05) is 12.8 Å². The molecule has 0 aromatic heterocycles. The van der Waals surface area contributed by atoms with E-state index in [9.17, 15) is 19.0 Å². The third-order valence-corrected chi connectivity index (χ3v) is 10.3. The van der Waals surface area contributed by atoms with Crippen LogP contribution in [0.4, 0.5) is 0 Å². The summed E-state index contributed by atoms with van der Waals surface area (Å²) in [5.74, 6) is -0.801. The van der Waals surface area contributed by atoms with E-state index in [2.05, 4.69) is 26.0 Å². The quantitative estimate of drug-likeness (QED) is 0.0217. The zero-order chi connectivity index (χ0) is 38.6. The number of rotatable bonds is 39. The van der Waals surface area contributed by atoms with Crippen LogP contribution in [-0.2, 0) is 32.7 Å². The van der Waals surface area contributed by atoms with Crippen LogP contribution in [-0.4, -0.2) is 74.9 Å². The van der Waals surface area contributed by atoms with Crippen molar-refractivity contribution >= 4 is 19.8 Å². The van der Waals surface area contributed by atoms with Crippen LogP contribution < -0.4 is 0 Å². The minimum absolute atomic E-state index is 0.0331. The Labute approximate surface area is 320 Å². The molecule has 0 bridgehead atoms. The highest BCUT2D eigenvalue weighted by atomic mass is 31.2. The molecule has 0 aromatic carbocycles. The van der Waals surface area contributed by atoms with Crippen LogP contribution in [0.5, 0.6) is 0 Å². The average Bonchev–Trinajstić information content (AvgIpc) is 3.09. The van der Waals surface area contributed by atoms with Gasteiger partial charge in [-0.05, 0) is 38.5 Å². The Bertz CT molecular complexity index is 907. The maximum Gasteiger partial charge on any atom is 0.472 e. The van der Waals surface area contributed by atoms with Crippen molar-refractivity contribution in [3.8, 4) is 0 Å². The zero-order valence-corrected chi connectivity index (χ0v) is 35.5. The summed E-state index contributed by atoms with van der Waals surface area (Å²) in [7, 11) is 1.48. The van der Waals surface area contributed by atoms with Gasteiger partial charge in [-0.3, -0.25) is 18.6 Å². The molecule has 52 heavy (non-hydrogen) atoms. The molecule has 0 heterocycles. The fourth-order valence-corrected chi connectivity index (χ4v) is 6.63. The molecule has 1 N–H and O–H groups in total. The molecule has 0 radical (unpaired) electrons. The molecule has 0 fully saturated rings. The van der Waals surface area contributed by atoms with Crippen LogP contribution in [0.15, 0.2) is 12.2 Å². The van der Waals surface area contributed by atoms with Gasteiger partial charge >= 0.3 is 19.8 Å². The lowest BCUT2D eigenvalue weighted by atomic mass is 10.0. The van der Waals surface area contributed by atoms with Gasteiger partial charge in [0.2, 0.25) is 0 Å². The first-order valence-electron chi connectivity index (χ1n) is 21.4. The number of hydrogen-bond donors (Lipinski definition) is 1. The van der Waals surface area contributed by atoms with E-state index >= 15 is 0 Å². The number of esters is 2. The number of hydrogen-bond acceptors (Lipinski definition) is 7. The van der Waals surface area contributed by atoms with Crippen molar-refractivity contribution in [2.45, 2.75) is 200 Å². The van der Waals surface area contributed by atoms with E-state index in [1.54, 1.807) is 0 Å². The summed E-state index contributed by atoms with van der Waals surface area (Å²) >= 11 is 0. The number of carbonyl (C=O) groups excluding carboxylic acids is 2. The topological polar surface area (TPSA) is 108 Å². The van der Waals surface area contributed by atoms with Crippen molar-refractivity contribution < 1.29 is 42.1 Å². The van der Waals surface area contributed by atoms with Crippen LogP contribution in [0.25, 0.3) is 0 Å². The van der Waals surface area contributed by atoms with E-state index in [1.165, 1.54) is 109 Å². The largest absolute Gasteiger partial charge is 0.472 e. The monoisotopic (exact) mass is 761 g/mol. The molecule has 0 aromatic rings. The van der Waals surface area contributed by atoms with Crippen LogP contribution >= 0.6 is 7.82 Å². The van der Waals surface area contributed by atoms with Gasteiger partial charge in [-0.25, -0.2) is 4.57 Å². The van der Waals surface area contributed by atoms with E-state index in [4.69, 9.17) is 18.5 Å². The summed E-state index contributed by atoms with van der Waals surface area (Å²) in [6.45, 7) is 4.42. The normalized spacial score (nSPS) is 13.7. The zero-order valence-electron chi connectivity index (χ0n) is 34.6. The number of nitrogens with zero attached hydrogens (tertiary/aromatic N) is 1. The Kier molecular flexibility index (Phi) is 34.6. The third kappa shape index (κ3) is 38.5. The van der Waals surface area contributed by atoms with Crippen LogP contribution in [0.2, 0.25) is 0 Å². The van der Waals surface area contributed by atoms with Crippen LogP contribution in [0.3, 0.4) is 0 Å². The smallest absolute Gasteiger partial charge is 0.462 e. The van der Waals surface area contributed by atoms with Crippen molar-refractivity contribution in [3.05, 3.63) is 12.2 Å². The highest BCUT2D eigenvalue weighted by molar-refractivity contribution is 7.47.